The summed E-state index contributed by atoms with van der Waals surface area (Å²) >= 11 is 0. The molecule has 0 radical (unpaired) electrons. The molecular formula is C21H19N3O3. The number of carbonyl (C=O) groups excluding carboxylic acids is 1. The molecule has 0 aliphatic rings. The Labute approximate surface area is 156 Å². The molecule has 0 aliphatic carbocycles. The van der Waals surface area contributed by atoms with E-state index in [2.05, 4.69) is 0 Å². The summed E-state index contributed by atoms with van der Waals surface area (Å²) < 4.78 is 11.1. The molecule has 0 fully saturated rings. The van der Waals surface area contributed by atoms with Gasteiger partial charge in [-0.25, -0.2) is 9.97 Å². The van der Waals surface area contributed by atoms with Gasteiger partial charge in [0, 0.05) is 18.7 Å². The number of hydrogen-bond donors (Lipinski definition) is 0. The third-order valence-electron chi connectivity index (χ3n) is 4.47. The molecule has 0 bridgehead atoms. The highest BCUT2D eigenvalue weighted by Gasteiger charge is 2.19. The fourth-order valence-corrected chi connectivity index (χ4v) is 3.05. The topological polar surface area (TPSA) is 72.4 Å². The number of carbonyl (C=O) groups is 1. The predicted octanol–water partition coefficient (Wildman–Crippen LogP) is 4.63. The Morgan fingerprint density at radius 2 is 1.48 bits per heavy atom. The van der Waals surface area contributed by atoms with Gasteiger partial charge in [-0.1, -0.05) is 0 Å². The lowest BCUT2D eigenvalue weighted by Crippen LogP contribution is -2.30. The van der Waals surface area contributed by atoms with Gasteiger partial charge in [0.2, 0.25) is 0 Å². The summed E-state index contributed by atoms with van der Waals surface area (Å²) in [4.78, 5) is 23.9. The van der Waals surface area contributed by atoms with Gasteiger partial charge in [-0.2, -0.15) is 0 Å². The minimum Gasteiger partial charge on any atom is -0.463 e. The molecule has 0 aliphatic heterocycles. The molecule has 4 aromatic rings. The van der Waals surface area contributed by atoms with E-state index in [-0.39, 0.29) is 5.91 Å². The lowest BCUT2D eigenvalue weighted by atomic mass is 10.1. The third-order valence-corrected chi connectivity index (χ3v) is 4.47. The maximum atomic E-state index is 12.7. The van der Waals surface area contributed by atoms with Crippen molar-refractivity contribution < 1.29 is 13.6 Å². The minimum atomic E-state index is -0.0154. The Morgan fingerprint density at radius 3 is 2.00 bits per heavy atom. The molecule has 0 atom stereocenters. The molecule has 6 nitrogen and oxygen atoms in total. The van der Waals surface area contributed by atoms with Crippen LogP contribution >= 0.6 is 0 Å². The van der Waals surface area contributed by atoms with Crippen LogP contribution in [-0.2, 0) is 0 Å². The van der Waals surface area contributed by atoms with Crippen LogP contribution < -0.4 is 0 Å². The molecule has 0 saturated carbocycles. The first-order valence-corrected chi connectivity index (χ1v) is 8.90. The van der Waals surface area contributed by atoms with Crippen molar-refractivity contribution in [3.8, 4) is 22.9 Å². The van der Waals surface area contributed by atoms with Crippen molar-refractivity contribution >= 4 is 16.9 Å². The van der Waals surface area contributed by atoms with Crippen LogP contribution in [0.3, 0.4) is 0 Å². The predicted molar refractivity (Wildman–Crippen MR) is 102 cm³/mol. The first-order valence-electron chi connectivity index (χ1n) is 8.90. The van der Waals surface area contributed by atoms with E-state index in [9.17, 15) is 4.79 Å². The molecule has 0 unspecified atom stereocenters. The van der Waals surface area contributed by atoms with Gasteiger partial charge in [-0.15, -0.1) is 0 Å². The monoisotopic (exact) mass is 361 g/mol. The number of rotatable bonds is 5. The van der Waals surface area contributed by atoms with E-state index in [1.807, 2.05) is 32.0 Å². The summed E-state index contributed by atoms with van der Waals surface area (Å²) in [7, 11) is 0. The van der Waals surface area contributed by atoms with Gasteiger partial charge in [0.05, 0.1) is 23.6 Å². The van der Waals surface area contributed by atoms with Gasteiger partial charge >= 0.3 is 0 Å². The van der Waals surface area contributed by atoms with Crippen molar-refractivity contribution in [2.75, 3.05) is 13.1 Å². The van der Waals surface area contributed by atoms with Crippen molar-refractivity contribution in [2.24, 2.45) is 0 Å². The Morgan fingerprint density at radius 1 is 0.889 bits per heavy atom. The van der Waals surface area contributed by atoms with Gasteiger partial charge in [-0.3, -0.25) is 4.79 Å². The SMILES string of the molecule is CCN(CC)C(=O)c1ccc2nc(-c3ccco3)c(-c3ccco3)nc2c1. The molecule has 0 spiro atoms. The van der Waals surface area contributed by atoms with Crippen LogP contribution in [0.5, 0.6) is 0 Å². The largest absolute Gasteiger partial charge is 0.463 e. The molecule has 27 heavy (non-hydrogen) atoms. The van der Waals surface area contributed by atoms with E-state index in [1.54, 1.807) is 41.7 Å². The second-order valence-corrected chi connectivity index (χ2v) is 6.06. The second-order valence-electron chi connectivity index (χ2n) is 6.06. The number of benzene rings is 1. The fourth-order valence-electron chi connectivity index (χ4n) is 3.05. The Kier molecular flexibility index (Phi) is 4.46. The van der Waals surface area contributed by atoms with E-state index in [1.165, 1.54) is 0 Å². The second kappa shape index (κ2) is 7.07. The molecule has 1 aromatic carbocycles. The van der Waals surface area contributed by atoms with E-state index in [0.717, 1.165) is 0 Å². The molecule has 4 rings (SSSR count). The molecule has 0 N–H and O–H groups in total. The summed E-state index contributed by atoms with van der Waals surface area (Å²) in [6.07, 6.45) is 3.19. The van der Waals surface area contributed by atoms with Crippen molar-refractivity contribution in [3.05, 3.63) is 60.6 Å². The normalized spacial score (nSPS) is 11.0. The smallest absolute Gasteiger partial charge is 0.253 e. The third kappa shape index (κ3) is 3.10. The summed E-state index contributed by atoms with van der Waals surface area (Å²) in [5, 5.41) is 0. The van der Waals surface area contributed by atoms with Gasteiger partial charge in [0.1, 0.15) is 11.4 Å². The number of amides is 1. The summed E-state index contributed by atoms with van der Waals surface area (Å²) in [6, 6.07) is 12.6. The number of fused-ring (bicyclic) bond motifs is 1. The van der Waals surface area contributed by atoms with E-state index >= 15 is 0 Å². The maximum absolute atomic E-state index is 12.7. The van der Waals surface area contributed by atoms with Gasteiger partial charge in [0.15, 0.2) is 11.5 Å². The number of nitrogens with zero attached hydrogens (tertiary/aromatic N) is 3. The van der Waals surface area contributed by atoms with Gasteiger partial charge < -0.3 is 13.7 Å². The Hall–Kier alpha value is -3.41. The zero-order chi connectivity index (χ0) is 18.8. The van der Waals surface area contributed by atoms with Crippen molar-refractivity contribution in [2.45, 2.75) is 13.8 Å². The summed E-state index contributed by atoms with van der Waals surface area (Å²) in [5.41, 5.74) is 3.10. The molecular weight excluding hydrogens is 342 g/mol. The fraction of sp³-hybridized carbons (Fsp3) is 0.190. The molecule has 0 saturated heterocycles. The number of furan rings is 2. The van der Waals surface area contributed by atoms with Crippen molar-refractivity contribution in [3.63, 3.8) is 0 Å². The quantitative estimate of drug-likeness (QED) is 0.518. The molecule has 1 amide bonds. The highest BCUT2D eigenvalue weighted by molar-refractivity contribution is 5.98. The van der Waals surface area contributed by atoms with Crippen LogP contribution in [0.1, 0.15) is 24.2 Å². The Bertz CT molecular complexity index is 1070. The van der Waals surface area contributed by atoms with Gasteiger partial charge in [0.25, 0.3) is 5.91 Å². The van der Waals surface area contributed by atoms with E-state index in [4.69, 9.17) is 18.8 Å². The van der Waals surface area contributed by atoms with Crippen LogP contribution in [0, 0.1) is 0 Å². The zero-order valence-electron chi connectivity index (χ0n) is 15.2. The highest BCUT2D eigenvalue weighted by Crippen LogP contribution is 2.31. The first-order chi connectivity index (χ1) is 13.2. The van der Waals surface area contributed by atoms with Crippen molar-refractivity contribution in [1.29, 1.82) is 0 Å². The summed E-state index contributed by atoms with van der Waals surface area (Å²) in [5.74, 6) is 1.19. The van der Waals surface area contributed by atoms with Crippen LogP contribution in [0.2, 0.25) is 0 Å². The summed E-state index contributed by atoms with van der Waals surface area (Å²) in [6.45, 7) is 5.25. The zero-order valence-corrected chi connectivity index (χ0v) is 15.2. The van der Waals surface area contributed by atoms with Crippen LogP contribution in [0.25, 0.3) is 33.9 Å². The lowest BCUT2D eigenvalue weighted by Gasteiger charge is -2.18. The molecule has 3 heterocycles. The molecule has 6 heteroatoms. The van der Waals surface area contributed by atoms with Gasteiger partial charge in [-0.05, 0) is 56.3 Å². The van der Waals surface area contributed by atoms with E-state index < -0.39 is 0 Å². The minimum absolute atomic E-state index is 0.0154. The number of aromatic nitrogens is 2. The van der Waals surface area contributed by atoms with Crippen LogP contribution in [0.15, 0.2) is 63.8 Å². The van der Waals surface area contributed by atoms with Crippen molar-refractivity contribution in [1.82, 2.24) is 14.9 Å². The maximum Gasteiger partial charge on any atom is 0.253 e. The molecule has 136 valence electrons. The average Bonchev–Trinajstić information content (AvgIpc) is 3.41. The average molecular weight is 361 g/mol. The highest BCUT2D eigenvalue weighted by atomic mass is 16.3. The standard InChI is InChI=1S/C21H19N3O3/c1-3-24(4-2)21(25)14-9-10-15-16(13-14)23-20(18-8-6-12-27-18)19(22-15)17-7-5-11-26-17/h5-13H,3-4H2,1-2H3. The first kappa shape index (κ1) is 17.0. The molecule has 3 aromatic heterocycles. The Balaban J connectivity index is 1.88. The lowest BCUT2D eigenvalue weighted by molar-refractivity contribution is 0.0773. The van der Waals surface area contributed by atoms with Crippen LogP contribution in [-0.4, -0.2) is 33.9 Å². The number of hydrogen-bond acceptors (Lipinski definition) is 5. The van der Waals surface area contributed by atoms with E-state index in [0.29, 0.717) is 52.6 Å². The van der Waals surface area contributed by atoms with Crippen LogP contribution in [0.4, 0.5) is 0 Å².